The first-order valence-corrected chi connectivity index (χ1v) is 17.0. The zero-order valence-electron chi connectivity index (χ0n) is 25.4. The van der Waals surface area contributed by atoms with Gasteiger partial charge in [-0.15, -0.1) is 0 Å². The van der Waals surface area contributed by atoms with Gasteiger partial charge in [0.15, 0.2) is 0 Å². The van der Waals surface area contributed by atoms with Gasteiger partial charge >= 0.3 is 0 Å². The summed E-state index contributed by atoms with van der Waals surface area (Å²) in [7, 11) is -3.60. The first-order valence-electron chi connectivity index (χ1n) is 14.4. The van der Waals surface area contributed by atoms with Crippen molar-refractivity contribution in [2.75, 3.05) is 23.7 Å². The molecular formula is C33H41Cl2N3O4S. The second-order valence-corrected chi connectivity index (χ2v) is 14.0. The van der Waals surface area contributed by atoms with Crippen molar-refractivity contribution in [3.8, 4) is 0 Å². The van der Waals surface area contributed by atoms with Gasteiger partial charge in [0.25, 0.3) is 0 Å². The van der Waals surface area contributed by atoms with Crippen LogP contribution in [0, 0.1) is 19.8 Å². The van der Waals surface area contributed by atoms with Gasteiger partial charge < -0.3 is 10.2 Å². The molecule has 1 atom stereocenters. The number of carbonyl (C=O) groups excluding carboxylic acids is 2. The predicted molar refractivity (Wildman–Crippen MR) is 176 cm³/mol. The third-order valence-electron chi connectivity index (χ3n) is 7.29. The van der Waals surface area contributed by atoms with Crippen molar-refractivity contribution in [2.45, 2.75) is 59.5 Å². The molecule has 43 heavy (non-hydrogen) atoms. The number of aryl methyl sites for hydroxylation is 1. The highest BCUT2D eigenvalue weighted by molar-refractivity contribution is 7.92. The molecule has 3 aromatic rings. The SMILES string of the molecule is Cc1cccc(N(CCCC(=O)N(Cc2ccc(Cl)c(Cl)c2)C(Cc2ccccc2)C(=O)NCC(C)C)S(C)(=O)=O)c1C. The number of hydrogen-bond donors (Lipinski definition) is 1. The van der Waals surface area contributed by atoms with Gasteiger partial charge in [-0.05, 0) is 66.6 Å². The van der Waals surface area contributed by atoms with Crippen LogP contribution in [0.2, 0.25) is 10.0 Å². The van der Waals surface area contributed by atoms with Crippen molar-refractivity contribution < 1.29 is 18.0 Å². The quantitative estimate of drug-likeness (QED) is 0.215. The standard InChI is InChI=1S/C33H41Cl2N3O4S/c1-23(2)21-36-33(40)31(20-26-12-7-6-8-13-26)37(22-27-16-17-28(34)29(35)19-27)32(39)15-10-18-38(43(5,41)42)30-14-9-11-24(3)25(30)4/h6-9,11-14,16-17,19,23,31H,10,15,18,20-22H2,1-5H3,(H,36,40). The molecule has 0 aliphatic heterocycles. The largest absolute Gasteiger partial charge is 0.354 e. The Hall–Kier alpha value is -3.07. The number of sulfonamides is 1. The van der Waals surface area contributed by atoms with Gasteiger partial charge in [0.1, 0.15) is 6.04 Å². The molecule has 0 heterocycles. The third-order valence-corrected chi connectivity index (χ3v) is 9.21. The summed E-state index contributed by atoms with van der Waals surface area (Å²) in [5, 5.41) is 3.75. The first kappa shape index (κ1) is 34.4. The van der Waals surface area contributed by atoms with Crippen molar-refractivity contribution in [2.24, 2.45) is 5.92 Å². The zero-order valence-corrected chi connectivity index (χ0v) is 27.8. The van der Waals surface area contributed by atoms with Crippen LogP contribution in [0.15, 0.2) is 66.7 Å². The number of benzene rings is 3. The molecule has 7 nitrogen and oxygen atoms in total. The van der Waals surface area contributed by atoms with Gasteiger partial charge in [-0.3, -0.25) is 13.9 Å². The van der Waals surface area contributed by atoms with E-state index in [2.05, 4.69) is 5.32 Å². The van der Waals surface area contributed by atoms with Crippen LogP contribution in [0.3, 0.4) is 0 Å². The predicted octanol–water partition coefficient (Wildman–Crippen LogP) is 6.57. The van der Waals surface area contributed by atoms with E-state index in [9.17, 15) is 18.0 Å². The topological polar surface area (TPSA) is 86.8 Å². The fraction of sp³-hybridized carbons (Fsp3) is 0.394. The molecule has 1 N–H and O–H groups in total. The molecule has 0 aromatic heterocycles. The normalized spacial score (nSPS) is 12.2. The maximum Gasteiger partial charge on any atom is 0.243 e. The van der Waals surface area contributed by atoms with E-state index in [1.807, 2.05) is 70.2 Å². The van der Waals surface area contributed by atoms with Crippen LogP contribution < -0.4 is 9.62 Å². The lowest BCUT2D eigenvalue weighted by molar-refractivity contribution is -0.141. The monoisotopic (exact) mass is 645 g/mol. The smallest absolute Gasteiger partial charge is 0.243 e. The Balaban J connectivity index is 1.92. The molecule has 0 spiro atoms. The van der Waals surface area contributed by atoms with E-state index in [0.717, 1.165) is 22.3 Å². The van der Waals surface area contributed by atoms with Gasteiger partial charge in [0.2, 0.25) is 21.8 Å². The van der Waals surface area contributed by atoms with E-state index < -0.39 is 16.1 Å². The molecular weight excluding hydrogens is 605 g/mol. The molecule has 0 saturated carbocycles. The Bertz CT molecular complexity index is 1510. The summed E-state index contributed by atoms with van der Waals surface area (Å²) in [6.07, 6.45) is 1.79. The minimum absolute atomic E-state index is 0.0426. The second-order valence-electron chi connectivity index (χ2n) is 11.3. The first-order chi connectivity index (χ1) is 20.3. The van der Waals surface area contributed by atoms with E-state index in [0.29, 0.717) is 28.7 Å². The minimum atomic E-state index is -3.60. The summed E-state index contributed by atoms with van der Waals surface area (Å²) in [6, 6.07) is 19.4. The molecule has 0 fully saturated rings. The number of rotatable bonds is 14. The summed E-state index contributed by atoms with van der Waals surface area (Å²) in [5.74, 6) is -0.284. The lowest BCUT2D eigenvalue weighted by atomic mass is 10.0. The van der Waals surface area contributed by atoms with Gasteiger partial charge in [-0.25, -0.2) is 8.42 Å². The summed E-state index contributed by atoms with van der Waals surface area (Å²) in [4.78, 5) is 29.2. The molecule has 3 aromatic carbocycles. The van der Waals surface area contributed by atoms with Gasteiger partial charge in [0, 0.05) is 32.5 Å². The number of nitrogens with one attached hydrogen (secondary N) is 1. The summed E-state index contributed by atoms with van der Waals surface area (Å²) < 4.78 is 26.9. The molecule has 1 unspecified atom stereocenters. The van der Waals surface area contributed by atoms with Crippen LogP contribution in [0.25, 0.3) is 0 Å². The number of carbonyl (C=O) groups is 2. The third kappa shape index (κ3) is 9.98. The van der Waals surface area contributed by atoms with Crippen molar-refractivity contribution >= 4 is 50.7 Å². The van der Waals surface area contributed by atoms with Crippen LogP contribution in [0.5, 0.6) is 0 Å². The lowest BCUT2D eigenvalue weighted by Gasteiger charge is -2.32. The highest BCUT2D eigenvalue weighted by Gasteiger charge is 2.31. The van der Waals surface area contributed by atoms with E-state index in [1.54, 1.807) is 29.2 Å². The Morgan fingerprint density at radius 2 is 1.60 bits per heavy atom. The van der Waals surface area contributed by atoms with Crippen molar-refractivity contribution in [1.82, 2.24) is 10.2 Å². The number of halogens is 2. The molecule has 0 aliphatic rings. The van der Waals surface area contributed by atoms with E-state index in [4.69, 9.17) is 23.2 Å². The fourth-order valence-corrected chi connectivity index (χ4v) is 6.14. The van der Waals surface area contributed by atoms with Crippen LogP contribution in [-0.2, 0) is 32.6 Å². The molecule has 0 bridgehead atoms. The summed E-state index contributed by atoms with van der Waals surface area (Å²) >= 11 is 12.4. The van der Waals surface area contributed by atoms with Crippen LogP contribution >= 0.6 is 23.2 Å². The number of hydrogen-bond acceptors (Lipinski definition) is 4. The Labute approximate surface area is 266 Å². The summed E-state index contributed by atoms with van der Waals surface area (Å²) in [5.41, 5.74) is 4.08. The van der Waals surface area contributed by atoms with Gasteiger partial charge in [-0.1, -0.05) is 85.6 Å². The maximum atomic E-state index is 14.0. The number of nitrogens with zero attached hydrogens (tertiary/aromatic N) is 2. The van der Waals surface area contributed by atoms with E-state index in [1.165, 1.54) is 10.6 Å². The van der Waals surface area contributed by atoms with Crippen molar-refractivity contribution in [1.29, 1.82) is 0 Å². The molecule has 2 amide bonds. The fourth-order valence-electron chi connectivity index (χ4n) is 4.80. The average molecular weight is 647 g/mol. The summed E-state index contributed by atoms with van der Waals surface area (Å²) in [6.45, 7) is 8.56. The van der Waals surface area contributed by atoms with Crippen molar-refractivity contribution in [3.05, 3.63) is 99.0 Å². The maximum absolute atomic E-state index is 14.0. The van der Waals surface area contributed by atoms with Gasteiger partial charge in [0.05, 0.1) is 22.0 Å². The Kier molecular flexibility index (Phi) is 12.5. The average Bonchev–Trinajstić information content (AvgIpc) is 2.95. The Morgan fingerprint density at radius 3 is 2.23 bits per heavy atom. The number of amides is 2. The molecule has 0 saturated heterocycles. The Morgan fingerprint density at radius 1 is 0.907 bits per heavy atom. The van der Waals surface area contributed by atoms with Crippen LogP contribution in [0.4, 0.5) is 5.69 Å². The molecule has 0 aliphatic carbocycles. The van der Waals surface area contributed by atoms with Crippen LogP contribution in [-0.4, -0.2) is 50.5 Å². The number of anilines is 1. The van der Waals surface area contributed by atoms with E-state index in [-0.39, 0.29) is 43.7 Å². The molecule has 0 radical (unpaired) electrons. The zero-order chi connectivity index (χ0) is 31.7. The minimum Gasteiger partial charge on any atom is -0.354 e. The highest BCUT2D eigenvalue weighted by atomic mass is 35.5. The molecule has 232 valence electrons. The van der Waals surface area contributed by atoms with Gasteiger partial charge in [-0.2, -0.15) is 0 Å². The molecule has 10 heteroatoms. The van der Waals surface area contributed by atoms with E-state index >= 15 is 0 Å². The van der Waals surface area contributed by atoms with Crippen molar-refractivity contribution in [3.63, 3.8) is 0 Å². The molecule has 3 rings (SSSR count). The lowest BCUT2D eigenvalue weighted by Crippen LogP contribution is -2.51. The highest BCUT2D eigenvalue weighted by Crippen LogP contribution is 2.27. The van der Waals surface area contributed by atoms with Crippen LogP contribution in [0.1, 0.15) is 48.9 Å². The second kappa shape index (κ2) is 15.6.